The van der Waals surface area contributed by atoms with Gasteiger partial charge >= 0.3 is 0 Å². The molecule has 5 heterocycles. The molecule has 0 fully saturated rings. The topological polar surface area (TPSA) is 104 Å². The Balaban J connectivity index is 1.76. The van der Waals surface area contributed by atoms with Crippen LogP contribution in [0.1, 0.15) is 41.2 Å². The fourth-order valence-corrected chi connectivity index (χ4v) is 4.09. The molecule has 0 saturated heterocycles. The zero-order valence-corrected chi connectivity index (χ0v) is 17.2. The number of rotatable bonds is 0. The smallest absolute Gasteiger partial charge is 0.248 e. The van der Waals surface area contributed by atoms with Crippen LogP contribution in [0.15, 0.2) is 29.3 Å². The summed E-state index contributed by atoms with van der Waals surface area (Å²) in [5, 5.41) is 16.7. The second-order valence-electron chi connectivity index (χ2n) is 7.75. The average Bonchev–Trinajstić information content (AvgIpc) is 3.28. The van der Waals surface area contributed by atoms with Crippen molar-refractivity contribution in [2.45, 2.75) is 26.3 Å². The van der Waals surface area contributed by atoms with Gasteiger partial charge in [-0.05, 0) is 37.6 Å². The second kappa shape index (κ2) is 7.07. The molecule has 3 N–H and O–H groups in total. The van der Waals surface area contributed by atoms with Gasteiger partial charge in [0.15, 0.2) is 0 Å². The van der Waals surface area contributed by atoms with Gasteiger partial charge in [-0.1, -0.05) is 0 Å². The molecule has 5 rings (SSSR count). The summed E-state index contributed by atoms with van der Waals surface area (Å²) in [6.45, 7) is 4.81. The maximum atomic E-state index is 12.1. The molecule has 4 aromatic heterocycles. The molecule has 0 unspecified atom stereocenters. The number of pyridine rings is 2. The van der Waals surface area contributed by atoms with Crippen molar-refractivity contribution in [2.24, 2.45) is 7.05 Å². The van der Waals surface area contributed by atoms with Crippen molar-refractivity contribution in [3.63, 3.8) is 0 Å². The Kier molecular flexibility index (Phi) is 4.36. The number of hydrogen-bond donors (Lipinski definition) is 3. The predicted octanol–water partition coefficient (Wildman–Crippen LogP) is 2.73. The molecule has 0 saturated carbocycles. The second-order valence-corrected chi connectivity index (χ2v) is 7.75. The molecule has 4 aromatic rings. The van der Waals surface area contributed by atoms with E-state index in [1.807, 2.05) is 37.0 Å². The van der Waals surface area contributed by atoms with Crippen LogP contribution < -0.4 is 10.9 Å². The molecular formula is C22H23N7O. The Hall–Kier alpha value is -3.52. The third-order valence-electron chi connectivity index (χ3n) is 5.63. The highest BCUT2D eigenvalue weighted by atomic mass is 16.1. The molecule has 0 aromatic carbocycles. The molecule has 1 atom stereocenters. The summed E-state index contributed by atoms with van der Waals surface area (Å²) in [6.07, 6.45) is 8.66. The van der Waals surface area contributed by atoms with Crippen molar-refractivity contribution >= 4 is 23.1 Å². The van der Waals surface area contributed by atoms with Crippen LogP contribution in [0.2, 0.25) is 0 Å². The van der Waals surface area contributed by atoms with E-state index in [9.17, 15) is 4.79 Å². The highest BCUT2D eigenvalue weighted by molar-refractivity contribution is 5.93. The van der Waals surface area contributed by atoms with E-state index in [-0.39, 0.29) is 11.6 Å². The van der Waals surface area contributed by atoms with Gasteiger partial charge in [-0.3, -0.25) is 19.6 Å². The Morgan fingerprint density at radius 2 is 2.10 bits per heavy atom. The van der Waals surface area contributed by atoms with E-state index in [1.54, 1.807) is 12.3 Å². The van der Waals surface area contributed by atoms with Gasteiger partial charge in [0.05, 0.1) is 28.3 Å². The fourth-order valence-electron chi connectivity index (χ4n) is 4.09. The van der Waals surface area contributed by atoms with Crippen LogP contribution >= 0.6 is 0 Å². The number of aryl methyl sites for hydroxylation is 2. The summed E-state index contributed by atoms with van der Waals surface area (Å²) < 4.78 is 1.84. The molecule has 1 aliphatic rings. The lowest BCUT2D eigenvalue weighted by Crippen LogP contribution is -2.23. The first kappa shape index (κ1) is 18.5. The lowest BCUT2D eigenvalue weighted by Gasteiger charge is -2.18. The number of aromatic nitrogens is 6. The Morgan fingerprint density at radius 1 is 1.23 bits per heavy atom. The minimum Gasteiger partial charge on any atom is -0.329 e. The van der Waals surface area contributed by atoms with Crippen molar-refractivity contribution in [3.8, 4) is 11.3 Å². The molecule has 8 heteroatoms. The molecule has 0 radical (unpaired) electrons. The number of fused-ring (bicyclic) bond motifs is 4. The van der Waals surface area contributed by atoms with Crippen molar-refractivity contribution in [1.29, 1.82) is 0 Å². The van der Waals surface area contributed by atoms with Gasteiger partial charge < -0.3 is 10.3 Å². The maximum absolute atomic E-state index is 12.1. The molecule has 0 spiro atoms. The summed E-state index contributed by atoms with van der Waals surface area (Å²) in [4.78, 5) is 19.7. The van der Waals surface area contributed by atoms with Crippen LogP contribution in [-0.2, 0) is 13.5 Å². The molecule has 0 aliphatic carbocycles. The molecule has 8 nitrogen and oxygen atoms in total. The third kappa shape index (κ3) is 3.15. The lowest BCUT2D eigenvalue weighted by atomic mass is 9.99. The largest absolute Gasteiger partial charge is 0.329 e. The number of H-pyrrole nitrogens is 2. The zero-order chi connectivity index (χ0) is 20.8. The Labute approximate surface area is 173 Å². The van der Waals surface area contributed by atoms with E-state index in [0.29, 0.717) is 0 Å². The molecule has 30 heavy (non-hydrogen) atoms. The van der Waals surface area contributed by atoms with Gasteiger partial charge in [0, 0.05) is 61.0 Å². The minimum absolute atomic E-state index is 0.0316. The third-order valence-corrected chi connectivity index (χ3v) is 5.63. The summed E-state index contributed by atoms with van der Waals surface area (Å²) in [6, 6.07) is 3.66. The van der Waals surface area contributed by atoms with E-state index in [0.717, 1.165) is 63.3 Å². The number of hydrogen-bond acceptors (Lipinski definition) is 5. The lowest BCUT2D eigenvalue weighted by molar-refractivity contribution is 0.570. The quantitative estimate of drug-likeness (QED) is 0.420. The van der Waals surface area contributed by atoms with Crippen LogP contribution in [0.5, 0.6) is 0 Å². The van der Waals surface area contributed by atoms with Crippen molar-refractivity contribution in [3.05, 3.63) is 63.1 Å². The molecule has 1 aliphatic heterocycles. The summed E-state index contributed by atoms with van der Waals surface area (Å²) >= 11 is 0. The highest BCUT2D eigenvalue weighted by Gasteiger charge is 2.18. The van der Waals surface area contributed by atoms with E-state index >= 15 is 0 Å². The van der Waals surface area contributed by atoms with E-state index in [4.69, 9.17) is 4.98 Å². The van der Waals surface area contributed by atoms with Gasteiger partial charge in [-0.25, -0.2) is 0 Å². The Bertz CT molecular complexity index is 1340. The van der Waals surface area contributed by atoms with Crippen molar-refractivity contribution < 1.29 is 0 Å². The summed E-state index contributed by atoms with van der Waals surface area (Å²) in [5.41, 5.74) is 7.14. The van der Waals surface area contributed by atoms with Crippen molar-refractivity contribution in [1.82, 2.24) is 35.3 Å². The van der Waals surface area contributed by atoms with Gasteiger partial charge in [-0.2, -0.15) is 10.2 Å². The molecule has 152 valence electrons. The summed E-state index contributed by atoms with van der Waals surface area (Å²) in [5.74, 6) is 0. The Morgan fingerprint density at radius 3 is 2.97 bits per heavy atom. The van der Waals surface area contributed by atoms with Crippen LogP contribution in [-0.4, -0.2) is 36.5 Å². The van der Waals surface area contributed by atoms with E-state index in [2.05, 4.69) is 38.6 Å². The van der Waals surface area contributed by atoms with Gasteiger partial charge in [0.1, 0.15) is 0 Å². The first-order valence-electron chi connectivity index (χ1n) is 10.0. The number of nitrogens with one attached hydrogen (secondary N) is 3. The van der Waals surface area contributed by atoms with Crippen LogP contribution in [0.4, 0.5) is 0 Å². The summed E-state index contributed by atoms with van der Waals surface area (Å²) in [7, 11) is 1.93. The number of aromatic amines is 2. The zero-order valence-electron chi connectivity index (χ0n) is 17.2. The first-order chi connectivity index (χ1) is 14.5. The fraction of sp³-hybridized carbons (Fsp3) is 0.273. The van der Waals surface area contributed by atoms with E-state index < -0.39 is 0 Å². The van der Waals surface area contributed by atoms with Gasteiger partial charge in [0.25, 0.3) is 0 Å². The minimum atomic E-state index is -0.146. The first-order valence-corrected chi connectivity index (χ1v) is 10.0. The van der Waals surface area contributed by atoms with Gasteiger partial charge in [-0.15, -0.1) is 0 Å². The van der Waals surface area contributed by atoms with Crippen LogP contribution in [0.25, 0.3) is 34.3 Å². The molecule has 0 amide bonds. The standard InChI is InChI=1S/C22H23N7O/c1-12-17-10-24-21(30)9-15(17)20-8-16-19(26-27-22(16)13(2)25-20)5-4-14-11-29(3)28-18(14)6-7-23-12/h4-5,8-12,23H,6-7H2,1-3H3,(H,24,30)(H,26,27)/b5-4+/t12-/m1/s1. The SMILES string of the molecule is Cc1nc2cc3c(n[nH]c13)/C=C/c1cn(C)nc1CCN[C@H](C)c1c[nH]c(=O)cc1-2. The maximum Gasteiger partial charge on any atom is 0.248 e. The normalized spacial score (nSPS) is 17.5. The predicted molar refractivity (Wildman–Crippen MR) is 117 cm³/mol. The van der Waals surface area contributed by atoms with Crippen molar-refractivity contribution in [2.75, 3.05) is 6.54 Å². The average molecular weight is 401 g/mol. The number of nitrogens with zero attached hydrogens (tertiary/aromatic N) is 4. The molecule has 2 bridgehead atoms. The highest BCUT2D eigenvalue weighted by Crippen LogP contribution is 2.30. The van der Waals surface area contributed by atoms with Crippen LogP contribution in [0.3, 0.4) is 0 Å². The van der Waals surface area contributed by atoms with Gasteiger partial charge in [0.2, 0.25) is 5.56 Å². The monoisotopic (exact) mass is 401 g/mol. The van der Waals surface area contributed by atoms with E-state index in [1.165, 1.54) is 0 Å². The van der Waals surface area contributed by atoms with Crippen LogP contribution in [0, 0.1) is 6.92 Å². The molecular weight excluding hydrogens is 378 g/mol.